The second-order valence-corrected chi connectivity index (χ2v) is 6.30. The maximum atomic E-state index is 10.9. The number of nitrogens with one attached hydrogen (secondary N) is 1. The van der Waals surface area contributed by atoms with E-state index in [1.54, 1.807) is 13.0 Å². The first-order chi connectivity index (χ1) is 9.38. The molecule has 106 valence electrons. The first-order valence-corrected chi connectivity index (χ1v) is 7.40. The molecule has 0 aliphatic carbocycles. The first-order valence-electron chi connectivity index (χ1n) is 6.14. The fourth-order valence-corrected chi connectivity index (χ4v) is 3.00. The molecule has 1 N–H and O–H groups in total. The minimum Gasteiger partial charge on any atom is -0.378 e. The minimum absolute atomic E-state index is 0.0957. The van der Waals surface area contributed by atoms with E-state index in [2.05, 4.69) is 5.32 Å². The Hall–Kier alpha value is -1.59. The number of anilines is 1. The summed E-state index contributed by atoms with van der Waals surface area (Å²) in [5.41, 5.74) is 3.67. The molecule has 20 heavy (non-hydrogen) atoms. The molecule has 0 bridgehead atoms. The smallest absolute Gasteiger partial charge is 0.272 e. The van der Waals surface area contributed by atoms with E-state index in [1.165, 1.54) is 11.3 Å². The van der Waals surface area contributed by atoms with Crippen molar-refractivity contribution in [2.45, 2.75) is 26.8 Å². The van der Waals surface area contributed by atoms with Crippen LogP contribution in [0.15, 0.2) is 23.6 Å². The second kappa shape index (κ2) is 5.81. The highest BCUT2D eigenvalue weighted by molar-refractivity contribution is 7.14. The molecule has 0 radical (unpaired) electrons. The lowest BCUT2D eigenvalue weighted by Gasteiger charge is -2.16. The van der Waals surface area contributed by atoms with Crippen LogP contribution in [0.3, 0.4) is 0 Å². The Morgan fingerprint density at radius 2 is 2.00 bits per heavy atom. The van der Waals surface area contributed by atoms with E-state index in [0.29, 0.717) is 5.56 Å². The molecule has 0 saturated carbocycles. The molecular formula is C14H15ClN2O2S. The van der Waals surface area contributed by atoms with E-state index < -0.39 is 0 Å². The van der Waals surface area contributed by atoms with Gasteiger partial charge >= 0.3 is 0 Å². The van der Waals surface area contributed by atoms with Crippen LogP contribution in [-0.2, 0) is 0 Å². The third kappa shape index (κ3) is 3.11. The van der Waals surface area contributed by atoms with E-state index in [9.17, 15) is 10.1 Å². The van der Waals surface area contributed by atoms with Crippen LogP contribution < -0.4 is 5.32 Å². The molecule has 0 fully saturated rings. The average Bonchev–Trinajstić information content (AvgIpc) is 2.79. The van der Waals surface area contributed by atoms with Crippen LogP contribution in [0.1, 0.15) is 29.7 Å². The molecule has 2 aromatic rings. The summed E-state index contributed by atoms with van der Waals surface area (Å²) in [6.07, 6.45) is 0. The van der Waals surface area contributed by atoms with Crippen molar-refractivity contribution < 1.29 is 4.92 Å². The predicted molar refractivity (Wildman–Crippen MR) is 83.9 cm³/mol. The van der Waals surface area contributed by atoms with E-state index in [4.69, 9.17) is 11.6 Å². The van der Waals surface area contributed by atoms with Crippen molar-refractivity contribution in [3.05, 3.63) is 54.7 Å². The standard InChI is InChI=1S/C14H15ClN2O2S/c1-8-5-13(17(18)19)9(2)4-12(8)16-10(3)11-6-14(15)20-7-11/h4-7,10,16H,1-3H3. The molecule has 6 heteroatoms. The molecule has 0 spiro atoms. The van der Waals surface area contributed by atoms with Gasteiger partial charge in [-0.2, -0.15) is 0 Å². The normalized spacial score (nSPS) is 12.2. The number of nitrogens with zero attached hydrogens (tertiary/aromatic N) is 1. The summed E-state index contributed by atoms with van der Waals surface area (Å²) in [7, 11) is 0. The van der Waals surface area contributed by atoms with Gasteiger partial charge in [0.15, 0.2) is 0 Å². The Morgan fingerprint density at radius 1 is 1.30 bits per heavy atom. The quantitative estimate of drug-likeness (QED) is 0.631. The van der Waals surface area contributed by atoms with E-state index in [0.717, 1.165) is 21.2 Å². The Bertz CT molecular complexity index is 655. The average molecular weight is 311 g/mol. The lowest BCUT2D eigenvalue weighted by atomic mass is 10.1. The molecule has 1 aromatic carbocycles. The maximum Gasteiger partial charge on any atom is 0.272 e. The zero-order valence-corrected chi connectivity index (χ0v) is 13.0. The highest BCUT2D eigenvalue weighted by atomic mass is 35.5. The van der Waals surface area contributed by atoms with Crippen LogP contribution in [0.25, 0.3) is 0 Å². The molecule has 1 atom stereocenters. The van der Waals surface area contributed by atoms with Gasteiger partial charge in [0.1, 0.15) is 0 Å². The van der Waals surface area contributed by atoms with Gasteiger partial charge in [-0.3, -0.25) is 10.1 Å². The highest BCUT2D eigenvalue weighted by Gasteiger charge is 2.15. The fraction of sp³-hybridized carbons (Fsp3) is 0.286. The van der Waals surface area contributed by atoms with E-state index >= 15 is 0 Å². The Balaban J connectivity index is 2.25. The SMILES string of the molecule is Cc1cc([N+](=O)[O-])c(C)cc1NC(C)c1csc(Cl)c1. The number of rotatable bonds is 4. The summed E-state index contributed by atoms with van der Waals surface area (Å²) in [6, 6.07) is 5.44. The number of halogens is 1. The van der Waals surface area contributed by atoms with Gasteiger partial charge in [-0.25, -0.2) is 0 Å². The number of benzene rings is 1. The number of aryl methyl sites for hydroxylation is 2. The molecule has 0 aliphatic rings. The van der Waals surface area contributed by atoms with Gasteiger partial charge in [0.25, 0.3) is 5.69 Å². The molecular weight excluding hydrogens is 296 g/mol. The van der Waals surface area contributed by atoms with Crippen molar-refractivity contribution in [1.29, 1.82) is 0 Å². The molecule has 2 rings (SSSR count). The highest BCUT2D eigenvalue weighted by Crippen LogP contribution is 2.31. The molecule has 4 nitrogen and oxygen atoms in total. The van der Waals surface area contributed by atoms with Gasteiger partial charge in [-0.1, -0.05) is 11.6 Å². The Kier molecular flexibility index (Phi) is 4.30. The number of hydrogen-bond donors (Lipinski definition) is 1. The van der Waals surface area contributed by atoms with Crippen LogP contribution in [0, 0.1) is 24.0 Å². The van der Waals surface area contributed by atoms with Crippen molar-refractivity contribution in [2.75, 3.05) is 5.32 Å². The Morgan fingerprint density at radius 3 is 2.55 bits per heavy atom. The van der Waals surface area contributed by atoms with E-state index in [1.807, 2.05) is 31.4 Å². The summed E-state index contributed by atoms with van der Waals surface area (Å²) in [6.45, 7) is 5.64. The largest absolute Gasteiger partial charge is 0.378 e. The number of nitro benzene ring substituents is 1. The summed E-state index contributed by atoms with van der Waals surface area (Å²) in [5, 5.41) is 16.3. The van der Waals surface area contributed by atoms with Crippen LogP contribution >= 0.6 is 22.9 Å². The predicted octanol–water partition coefficient (Wildman–Crippen LogP) is 5.10. The van der Waals surface area contributed by atoms with E-state index in [-0.39, 0.29) is 16.7 Å². The van der Waals surface area contributed by atoms with Crippen molar-refractivity contribution in [1.82, 2.24) is 0 Å². The number of thiophene rings is 1. The Labute approximate surface area is 126 Å². The molecule has 1 unspecified atom stereocenters. The van der Waals surface area contributed by atoms with Crippen LogP contribution in [0.4, 0.5) is 11.4 Å². The van der Waals surface area contributed by atoms with Crippen molar-refractivity contribution in [3.8, 4) is 0 Å². The van der Waals surface area contributed by atoms with Gasteiger partial charge in [0, 0.05) is 23.4 Å². The lowest BCUT2D eigenvalue weighted by molar-refractivity contribution is -0.385. The second-order valence-electron chi connectivity index (χ2n) is 4.76. The topological polar surface area (TPSA) is 55.2 Å². The molecule has 1 heterocycles. The minimum atomic E-state index is -0.353. The fourth-order valence-electron chi connectivity index (χ4n) is 2.02. The van der Waals surface area contributed by atoms with Crippen molar-refractivity contribution >= 4 is 34.3 Å². The van der Waals surface area contributed by atoms with Crippen LogP contribution in [0.2, 0.25) is 4.34 Å². The zero-order chi connectivity index (χ0) is 14.9. The summed E-state index contributed by atoms with van der Waals surface area (Å²) in [5.74, 6) is 0. The van der Waals surface area contributed by atoms with Gasteiger partial charge in [-0.05, 0) is 49.4 Å². The lowest BCUT2D eigenvalue weighted by Crippen LogP contribution is -2.07. The van der Waals surface area contributed by atoms with Gasteiger partial charge in [0.05, 0.1) is 9.26 Å². The van der Waals surface area contributed by atoms with Crippen molar-refractivity contribution in [3.63, 3.8) is 0 Å². The molecule has 0 aliphatic heterocycles. The third-order valence-corrected chi connectivity index (χ3v) is 4.31. The summed E-state index contributed by atoms with van der Waals surface area (Å²) in [4.78, 5) is 10.6. The van der Waals surface area contributed by atoms with Crippen molar-refractivity contribution in [2.24, 2.45) is 0 Å². The van der Waals surface area contributed by atoms with Crippen LogP contribution in [-0.4, -0.2) is 4.92 Å². The van der Waals surface area contributed by atoms with Gasteiger partial charge in [-0.15, -0.1) is 11.3 Å². The maximum absolute atomic E-state index is 10.9. The summed E-state index contributed by atoms with van der Waals surface area (Å²) >= 11 is 7.43. The van der Waals surface area contributed by atoms with Crippen LogP contribution in [0.5, 0.6) is 0 Å². The summed E-state index contributed by atoms with van der Waals surface area (Å²) < 4.78 is 0.755. The van der Waals surface area contributed by atoms with Gasteiger partial charge < -0.3 is 5.32 Å². The third-order valence-electron chi connectivity index (χ3n) is 3.20. The zero-order valence-electron chi connectivity index (χ0n) is 11.4. The monoisotopic (exact) mass is 310 g/mol. The molecule has 0 saturated heterocycles. The van der Waals surface area contributed by atoms with Gasteiger partial charge in [0.2, 0.25) is 0 Å². The molecule has 1 aromatic heterocycles. The first kappa shape index (κ1) is 14.8. The number of hydrogen-bond acceptors (Lipinski definition) is 4. The molecule has 0 amide bonds. The number of nitro groups is 1.